The van der Waals surface area contributed by atoms with Gasteiger partial charge in [-0.3, -0.25) is 14.6 Å². The molecule has 2 amide bonds. The van der Waals surface area contributed by atoms with Gasteiger partial charge in [0, 0.05) is 19.5 Å². The van der Waals surface area contributed by atoms with E-state index >= 15 is 0 Å². The molecule has 2 bridgehead atoms. The fraction of sp³-hybridized carbons (Fsp3) is 0.750. The normalized spacial score (nSPS) is 32.8. The second-order valence-electron chi connectivity index (χ2n) is 11.2. The Labute approximate surface area is 201 Å². The highest BCUT2D eigenvalue weighted by Crippen LogP contribution is 2.65. The van der Waals surface area contributed by atoms with Crippen LogP contribution in [-0.2, 0) is 18.8 Å². The summed E-state index contributed by atoms with van der Waals surface area (Å²) in [5, 5.41) is 5.85. The number of aromatic nitrogens is 2. The third kappa shape index (κ3) is 4.24. The molecule has 0 aromatic carbocycles. The smallest absolute Gasteiger partial charge is 0.404 e. The number of nitrogens with one attached hydrogen (secondary N) is 2. The number of amides is 2. The van der Waals surface area contributed by atoms with Crippen LogP contribution in [0.15, 0.2) is 18.6 Å². The molecular formula is C24H35BN4O5. The molecule has 2 heterocycles. The molecule has 2 unspecified atom stereocenters. The van der Waals surface area contributed by atoms with Crippen LogP contribution in [0.5, 0.6) is 0 Å². The summed E-state index contributed by atoms with van der Waals surface area (Å²) in [6.07, 6.45) is 9.64. The van der Waals surface area contributed by atoms with E-state index in [0.717, 1.165) is 25.7 Å². The lowest BCUT2D eigenvalue weighted by Gasteiger charge is -2.64. The van der Waals surface area contributed by atoms with Gasteiger partial charge in [0.25, 0.3) is 5.91 Å². The molecule has 5 fully saturated rings. The Bertz CT molecular complexity index is 929. The number of hydrogen-bond donors (Lipinski definition) is 2. The molecule has 5 aliphatic rings. The van der Waals surface area contributed by atoms with Crippen molar-refractivity contribution in [1.82, 2.24) is 20.6 Å². The van der Waals surface area contributed by atoms with E-state index in [1.165, 1.54) is 32.1 Å². The number of ether oxygens (including phenoxy) is 1. The maximum Gasteiger partial charge on any atom is 0.481 e. The van der Waals surface area contributed by atoms with Crippen LogP contribution < -0.4 is 10.6 Å². The average molecular weight is 470 g/mol. The first-order chi connectivity index (χ1) is 16.2. The van der Waals surface area contributed by atoms with Crippen molar-refractivity contribution in [1.29, 1.82) is 0 Å². The van der Waals surface area contributed by atoms with Gasteiger partial charge in [-0.2, -0.15) is 0 Å². The van der Waals surface area contributed by atoms with Crippen LogP contribution in [0, 0.1) is 23.2 Å². The Kier molecular flexibility index (Phi) is 6.19. The second-order valence-corrected chi connectivity index (χ2v) is 11.2. The molecule has 1 aromatic rings. The van der Waals surface area contributed by atoms with E-state index in [9.17, 15) is 9.59 Å². The highest BCUT2D eigenvalue weighted by atomic mass is 16.7. The number of nitrogens with zero attached hydrogens (tertiary/aromatic N) is 2. The van der Waals surface area contributed by atoms with Crippen molar-refractivity contribution in [3.8, 4) is 0 Å². The molecule has 9 nitrogen and oxygen atoms in total. The van der Waals surface area contributed by atoms with Crippen molar-refractivity contribution < 1.29 is 23.6 Å². The van der Waals surface area contributed by atoms with Gasteiger partial charge in [0.05, 0.1) is 30.4 Å². The van der Waals surface area contributed by atoms with Gasteiger partial charge in [-0.15, -0.1) is 0 Å². The van der Waals surface area contributed by atoms with E-state index in [-0.39, 0.29) is 41.3 Å². The number of carbonyl (C=O) groups is 2. The minimum atomic E-state index is -0.868. The van der Waals surface area contributed by atoms with E-state index in [4.69, 9.17) is 14.0 Å². The number of methoxy groups -OCH3 is 1. The molecule has 0 radical (unpaired) electrons. The van der Waals surface area contributed by atoms with Gasteiger partial charge in [-0.25, -0.2) is 4.98 Å². The van der Waals surface area contributed by atoms with Gasteiger partial charge >= 0.3 is 7.12 Å². The first kappa shape index (κ1) is 23.7. The highest BCUT2D eigenvalue weighted by Gasteiger charge is 2.68. The predicted molar refractivity (Wildman–Crippen MR) is 125 cm³/mol. The van der Waals surface area contributed by atoms with Crippen LogP contribution in [0.25, 0.3) is 0 Å². The Balaban J connectivity index is 1.28. The minimum Gasteiger partial charge on any atom is -0.404 e. The highest BCUT2D eigenvalue weighted by molar-refractivity contribution is 6.48. The summed E-state index contributed by atoms with van der Waals surface area (Å²) >= 11 is 0. The summed E-state index contributed by atoms with van der Waals surface area (Å²) in [5.41, 5.74) is 0.0704. The molecule has 184 valence electrons. The zero-order chi connectivity index (χ0) is 24.1. The Morgan fingerprint density at radius 1 is 1.24 bits per heavy atom. The van der Waals surface area contributed by atoms with Gasteiger partial charge in [-0.1, -0.05) is 26.7 Å². The minimum absolute atomic E-state index is 0.0403. The lowest BCUT2D eigenvalue weighted by Crippen LogP contribution is -2.65. The van der Waals surface area contributed by atoms with E-state index in [2.05, 4.69) is 41.4 Å². The topological polar surface area (TPSA) is 112 Å². The third-order valence-corrected chi connectivity index (χ3v) is 8.66. The zero-order valence-corrected chi connectivity index (χ0v) is 20.5. The molecule has 1 aliphatic heterocycles. The van der Waals surface area contributed by atoms with Crippen LogP contribution in [0.1, 0.15) is 63.4 Å². The summed E-state index contributed by atoms with van der Waals surface area (Å²) in [5.74, 6) is 0.610. The maximum absolute atomic E-state index is 13.3. The van der Waals surface area contributed by atoms with Gasteiger partial charge in [0.15, 0.2) is 0 Å². The Morgan fingerprint density at radius 2 is 2.03 bits per heavy atom. The lowest BCUT2D eigenvalue weighted by molar-refractivity contribution is -0.199. The first-order valence-corrected chi connectivity index (χ1v) is 12.4. The Hall–Kier alpha value is -2.04. The Morgan fingerprint density at radius 3 is 2.68 bits per heavy atom. The van der Waals surface area contributed by atoms with Crippen LogP contribution in [0.4, 0.5) is 0 Å². The molecule has 6 atom stereocenters. The summed E-state index contributed by atoms with van der Waals surface area (Å²) in [6.45, 7) is 6.90. The quantitative estimate of drug-likeness (QED) is 0.529. The third-order valence-electron chi connectivity index (χ3n) is 8.66. The SMILES string of the molecule is COCC(NC(=O)c1cnccn1)C(=O)NC(CC1CC1)B1O[C@@H]2C[C@@H]3C[C@@H](C3(C)C)[C@]2(C)O1. The number of hydrogen-bond acceptors (Lipinski definition) is 7. The molecule has 4 saturated carbocycles. The van der Waals surface area contributed by atoms with Crippen molar-refractivity contribution in [3.05, 3.63) is 24.3 Å². The fourth-order valence-electron chi connectivity index (χ4n) is 6.30. The summed E-state index contributed by atoms with van der Waals surface area (Å²) in [6, 6.07) is -0.868. The molecule has 4 aliphatic carbocycles. The molecule has 10 heteroatoms. The van der Waals surface area contributed by atoms with Crippen molar-refractivity contribution in [2.24, 2.45) is 23.2 Å². The van der Waals surface area contributed by atoms with Crippen LogP contribution in [0.3, 0.4) is 0 Å². The predicted octanol–water partition coefficient (Wildman–Crippen LogP) is 1.77. The number of rotatable bonds is 9. The van der Waals surface area contributed by atoms with Crippen molar-refractivity contribution in [2.45, 2.75) is 76.6 Å². The van der Waals surface area contributed by atoms with Crippen LogP contribution in [-0.4, -0.2) is 66.3 Å². The molecule has 0 spiro atoms. The summed E-state index contributed by atoms with van der Waals surface area (Å²) in [4.78, 5) is 33.8. The second kappa shape index (κ2) is 8.88. The van der Waals surface area contributed by atoms with Crippen LogP contribution >= 0.6 is 0 Å². The monoisotopic (exact) mass is 470 g/mol. The molecular weight excluding hydrogens is 435 g/mol. The molecule has 1 saturated heterocycles. The van der Waals surface area contributed by atoms with E-state index in [1.54, 1.807) is 0 Å². The van der Waals surface area contributed by atoms with E-state index < -0.39 is 19.1 Å². The molecule has 6 rings (SSSR count). The van der Waals surface area contributed by atoms with Crippen molar-refractivity contribution >= 4 is 18.9 Å². The van der Waals surface area contributed by atoms with Gasteiger partial charge in [-0.05, 0) is 49.4 Å². The van der Waals surface area contributed by atoms with Crippen molar-refractivity contribution in [2.75, 3.05) is 13.7 Å². The molecule has 34 heavy (non-hydrogen) atoms. The van der Waals surface area contributed by atoms with Gasteiger partial charge in [0.1, 0.15) is 11.7 Å². The van der Waals surface area contributed by atoms with Gasteiger partial charge in [0.2, 0.25) is 5.91 Å². The lowest BCUT2D eigenvalue weighted by atomic mass is 9.43. The zero-order valence-electron chi connectivity index (χ0n) is 20.5. The van der Waals surface area contributed by atoms with E-state index in [0.29, 0.717) is 17.8 Å². The fourth-order valence-corrected chi connectivity index (χ4v) is 6.30. The number of carbonyl (C=O) groups excluding carboxylic acids is 2. The standard InChI is InChI=1S/C24H35BN4O5/c1-23(2)15-10-18(23)24(3)19(11-15)33-25(34-24)20(9-14-5-6-14)29-22(31)17(13-32-4)28-21(30)16-12-26-7-8-27-16/h7-8,12,14-15,17-20H,5-6,9-11,13H2,1-4H3,(H,28,30)(H,29,31)/t15-,17?,18-,19+,20?,24-/m0/s1. The maximum atomic E-state index is 13.3. The summed E-state index contributed by atoms with van der Waals surface area (Å²) in [7, 11) is 1.01. The average Bonchev–Trinajstić information content (AvgIpc) is 3.56. The summed E-state index contributed by atoms with van der Waals surface area (Å²) < 4.78 is 18.3. The van der Waals surface area contributed by atoms with E-state index in [1.807, 2.05) is 0 Å². The first-order valence-electron chi connectivity index (χ1n) is 12.4. The van der Waals surface area contributed by atoms with Crippen molar-refractivity contribution in [3.63, 3.8) is 0 Å². The van der Waals surface area contributed by atoms with Gasteiger partial charge < -0.3 is 24.7 Å². The largest absolute Gasteiger partial charge is 0.481 e. The molecule has 1 aromatic heterocycles. The molecule has 2 N–H and O–H groups in total. The van der Waals surface area contributed by atoms with Crippen LogP contribution in [0.2, 0.25) is 0 Å².